The molecule has 1 N–H and O–H groups in total. The van der Waals surface area contributed by atoms with Crippen molar-refractivity contribution in [2.24, 2.45) is 0 Å². The highest BCUT2D eigenvalue weighted by molar-refractivity contribution is 5.98. The highest BCUT2D eigenvalue weighted by Gasteiger charge is 2.29. The van der Waals surface area contributed by atoms with Crippen LogP contribution in [0.25, 0.3) is 10.9 Å². The SMILES string of the molecule is O=C(c1ccc2[nH]ccc2c1)N1CCN(C2CCC2)CC1. The van der Waals surface area contributed by atoms with Crippen molar-refractivity contribution in [3.63, 3.8) is 0 Å². The Morgan fingerprint density at radius 3 is 2.62 bits per heavy atom. The summed E-state index contributed by atoms with van der Waals surface area (Å²) >= 11 is 0. The summed E-state index contributed by atoms with van der Waals surface area (Å²) in [6.45, 7) is 3.78. The van der Waals surface area contributed by atoms with E-state index in [2.05, 4.69) is 9.88 Å². The molecule has 1 saturated carbocycles. The van der Waals surface area contributed by atoms with Gasteiger partial charge in [-0.2, -0.15) is 0 Å². The second kappa shape index (κ2) is 5.19. The smallest absolute Gasteiger partial charge is 0.253 e. The first kappa shape index (κ1) is 12.9. The van der Waals surface area contributed by atoms with Crippen LogP contribution in [0.3, 0.4) is 0 Å². The predicted molar refractivity (Wildman–Crippen MR) is 83.4 cm³/mol. The van der Waals surface area contributed by atoms with Gasteiger partial charge in [-0.15, -0.1) is 0 Å². The number of aromatic nitrogens is 1. The van der Waals surface area contributed by atoms with E-state index in [1.165, 1.54) is 19.3 Å². The lowest BCUT2D eigenvalue weighted by Gasteiger charge is -2.42. The van der Waals surface area contributed by atoms with Gasteiger partial charge in [-0.3, -0.25) is 9.69 Å². The molecule has 2 fully saturated rings. The van der Waals surface area contributed by atoms with Crippen LogP contribution in [0.4, 0.5) is 0 Å². The van der Waals surface area contributed by atoms with Gasteiger partial charge in [0.15, 0.2) is 0 Å². The van der Waals surface area contributed by atoms with E-state index in [0.717, 1.165) is 48.7 Å². The number of nitrogens with one attached hydrogen (secondary N) is 1. The number of benzene rings is 1. The second-order valence-electron chi connectivity index (χ2n) is 6.19. The van der Waals surface area contributed by atoms with Crippen LogP contribution in [-0.2, 0) is 0 Å². The number of piperazine rings is 1. The number of fused-ring (bicyclic) bond motifs is 1. The maximum atomic E-state index is 12.6. The van der Waals surface area contributed by atoms with Crippen LogP contribution in [-0.4, -0.2) is 52.9 Å². The molecule has 2 aromatic rings. The van der Waals surface area contributed by atoms with Gasteiger partial charge in [-0.05, 0) is 37.1 Å². The van der Waals surface area contributed by atoms with Gasteiger partial charge >= 0.3 is 0 Å². The number of hydrogen-bond donors (Lipinski definition) is 1. The van der Waals surface area contributed by atoms with E-state index in [-0.39, 0.29) is 5.91 Å². The maximum absolute atomic E-state index is 12.6. The predicted octanol–water partition coefficient (Wildman–Crippen LogP) is 2.48. The molecule has 1 amide bonds. The first-order valence-electron chi connectivity index (χ1n) is 7.92. The number of H-pyrrole nitrogens is 1. The second-order valence-corrected chi connectivity index (χ2v) is 6.19. The molecule has 4 nitrogen and oxygen atoms in total. The molecule has 21 heavy (non-hydrogen) atoms. The fourth-order valence-corrected chi connectivity index (χ4v) is 3.41. The standard InChI is InChI=1S/C17H21N3O/c21-17(14-4-5-16-13(12-14)6-7-18-16)20-10-8-19(9-11-20)15-2-1-3-15/h4-7,12,15,18H,1-3,8-11H2. The summed E-state index contributed by atoms with van der Waals surface area (Å²) in [6.07, 6.45) is 5.98. The third kappa shape index (κ3) is 2.33. The molecule has 4 rings (SSSR count). The Morgan fingerprint density at radius 1 is 1.10 bits per heavy atom. The average molecular weight is 283 g/mol. The molecule has 2 heterocycles. The van der Waals surface area contributed by atoms with Crippen LogP contribution in [0.5, 0.6) is 0 Å². The van der Waals surface area contributed by atoms with Crippen molar-refractivity contribution >= 4 is 16.8 Å². The van der Waals surface area contributed by atoms with Crippen molar-refractivity contribution in [1.29, 1.82) is 0 Å². The van der Waals surface area contributed by atoms with Crippen molar-refractivity contribution in [2.45, 2.75) is 25.3 Å². The highest BCUT2D eigenvalue weighted by atomic mass is 16.2. The van der Waals surface area contributed by atoms with Gasteiger partial charge in [0.25, 0.3) is 5.91 Å². The first-order chi connectivity index (χ1) is 10.3. The molecule has 1 aromatic heterocycles. The molecule has 0 atom stereocenters. The lowest BCUT2D eigenvalue weighted by molar-refractivity contribution is 0.0455. The van der Waals surface area contributed by atoms with E-state index in [4.69, 9.17) is 0 Å². The van der Waals surface area contributed by atoms with Crippen LogP contribution in [0.2, 0.25) is 0 Å². The Bertz CT molecular complexity index is 651. The Labute approximate surface area is 124 Å². The van der Waals surface area contributed by atoms with Crippen molar-refractivity contribution < 1.29 is 4.79 Å². The van der Waals surface area contributed by atoms with Crippen molar-refractivity contribution in [1.82, 2.24) is 14.8 Å². The minimum atomic E-state index is 0.173. The minimum Gasteiger partial charge on any atom is -0.361 e. The summed E-state index contributed by atoms with van der Waals surface area (Å²) in [4.78, 5) is 20.3. The monoisotopic (exact) mass is 283 g/mol. The molecule has 0 unspecified atom stereocenters. The first-order valence-corrected chi connectivity index (χ1v) is 7.92. The zero-order valence-electron chi connectivity index (χ0n) is 12.2. The quantitative estimate of drug-likeness (QED) is 0.919. The number of nitrogens with zero attached hydrogens (tertiary/aromatic N) is 2. The van der Waals surface area contributed by atoms with E-state index in [1.54, 1.807) is 0 Å². The minimum absolute atomic E-state index is 0.173. The molecular weight excluding hydrogens is 262 g/mol. The molecule has 4 heteroatoms. The molecule has 1 aromatic carbocycles. The topological polar surface area (TPSA) is 39.3 Å². The number of carbonyl (C=O) groups excluding carboxylic acids is 1. The summed E-state index contributed by atoms with van der Waals surface area (Å²) in [5.74, 6) is 0.173. The Hall–Kier alpha value is -1.81. The number of hydrogen-bond acceptors (Lipinski definition) is 2. The van der Waals surface area contributed by atoms with E-state index >= 15 is 0 Å². The van der Waals surface area contributed by atoms with Crippen molar-refractivity contribution in [2.75, 3.05) is 26.2 Å². The van der Waals surface area contributed by atoms with Gasteiger partial charge in [-0.1, -0.05) is 6.42 Å². The molecule has 1 aliphatic heterocycles. The highest BCUT2D eigenvalue weighted by Crippen LogP contribution is 2.26. The number of rotatable bonds is 2. The van der Waals surface area contributed by atoms with Gasteiger partial charge in [-0.25, -0.2) is 0 Å². The third-order valence-corrected chi connectivity index (χ3v) is 4.99. The van der Waals surface area contributed by atoms with E-state index < -0.39 is 0 Å². The lowest BCUT2D eigenvalue weighted by atomic mass is 9.91. The van der Waals surface area contributed by atoms with Gasteiger partial charge in [0.1, 0.15) is 0 Å². The van der Waals surface area contributed by atoms with Gasteiger partial charge in [0, 0.05) is 54.9 Å². The van der Waals surface area contributed by atoms with Crippen LogP contribution >= 0.6 is 0 Å². The Kier molecular flexibility index (Phi) is 3.19. The zero-order valence-corrected chi connectivity index (χ0v) is 12.2. The van der Waals surface area contributed by atoms with Crippen LogP contribution in [0.15, 0.2) is 30.5 Å². The molecule has 1 aliphatic carbocycles. The van der Waals surface area contributed by atoms with E-state index in [1.807, 2.05) is 35.4 Å². The summed E-state index contributed by atoms with van der Waals surface area (Å²) in [5.41, 5.74) is 1.89. The van der Waals surface area contributed by atoms with Crippen molar-refractivity contribution in [3.8, 4) is 0 Å². The number of aromatic amines is 1. The molecular formula is C17H21N3O. The fraction of sp³-hybridized carbons (Fsp3) is 0.471. The summed E-state index contributed by atoms with van der Waals surface area (Å²) in [6, 6.07) is 8.72. The number of amides is 1. The molecule has 1 saturated heterocycles. The van der Waals surface area contributed by atoms with Gasteiger partial charge in [0.05, 0.1) is 0 Å². The fourth-order valence-electron chi connectivity index (χ4n) is 3.41. The molecule has 0 bridgehead atoms. The van der Waals surface area contributed by atoms with Crippen LogP contribution in [0, 0.1) is 0 Å². The lowest BCUT2D eigenvalue weighted by Crippen LogP contribution is -2.53. The Morgan fingerprint density at radius 2 is 1.90 bits per heavy atom. The summed E-state index contributed by atoms with van der Waals surface area (Å²) in [5, 5.41) is 1.11. The van der Waals surface area contributed by atoms with Gasteiger partial charge < -0.3 is 9.88 Å². The summed E-state index contributed by atoms with van der Waals surface area (Å²) in [7, 11) is 0. The van der Waals surface area contributed by atoms with Crippen LogP contribution < -0.4 is 0 Å². The van der Waals surface area contributed by atoms with Gasteiger partial charge in [0.2, 0.25) is 0 Å². The molecule has 2 aliphatic rings. The summed E-state index contributed by atoms with van der Waals surface area (Å²) < 4.78 is 0. The molecule has 110 valence electrons. The Balaban J connectivity index is 1.45. The largest absolute Gasteiger partial charge is 0.361 e. The average Bonchev–Trinajstić information content (AvgIpc) is 2.93. The van der Waals surface area contributed by atoms with E-state index in [0.29, 0.717) is 0 Å². The third-order valence-electron chi connectivity index (χ3n) is 4.99. The molecule has 0 spiro atoms. The zero-order chi connectivity index (χ0) is 14.2. The number of carbonyl (C=O) groups is 1. The normalized spacial score (nSPS) is 20.7. The van der Waals surface area contributed by atoms with Crippen LogP contribution in [0.1, 0.15) is 29.6 Å². The maximum Gasteiger partial charge on any atom is 0.253 e. The van der Waals surface area contributed by atoms with E-state index in [9.17, 15) is 4.79 Å². The van der Waals surface area contributed by atoms with Crippen molar-refractivity contribution in [3.05, 3.63) is 36.0 Å². The molecule has 0 radical (unpaired) electrons.